The highest BCUT2D eigenvalue weighted by molar-refractivity contribution is 7.92. The summed E-state index contributed by atoms with van der Waals surface area (Å²) >= 11 is 0. The summed E-state index contributed by atoms with van der Waals surface area (Å²) in [6.07, 6.45) is -1.03. The number of sulfonamides is 1. The van der Waals surface area contributed by atoms with Crippen molar-refractivity contribution in [3.8, 4) is 5.75 Å². The van der Waals surface area contributed by atoms with Gasteiger partial charge in [-0.05, 0) is 66.4 Å². The van der Waals surface area contributed by atoms with Gasteiger partial charge >= 0.3 is 0 Å². The predicted octanol–water partition coefficient (Wildman–Crippen LogP) is 4.72. The molecule has 5 rings (SSSR count). The van der Waals surface area contributed by atoms with E-state index in [0.29, 0.717) is 30.3 Å². The van der Waals surface area contributed by atoms with E-state index in [9.17, 15) is 13.2 Å². The molecule has 1 amide bonds. The number of anilines is 3. The SMILES string of the molecule is Cc1ccc(S(=O)(=O)N2C[C@@H](C(=O)Nc3ccc(N4CCOCC4)cc3)Oc3ccc(C(C)(C)C)cc32)cc1. The lowest BCUT2D eigenvalue weighted by atomic mass is 9.86. The summed E-state index contributed by atoms with van der Waals surface area (Å²) in [6.45, 7) is 11.0. The van der Waals surface area contributed by atoms with Crippen LogP contribution in [0.2, 0.25) is 0 Å². The van der Waals surface area contributed by atoms with Crippen LogP contribution in [0.1, 0.15) is 31.9 Å². The Hall–Kier alpha value is -3.56. The molecule has 3 aromatic carbocycles. The van der Waals surface area contributed by atoms with Gasteiger partial charge < -0.3 is 19.7 Å². The van der Waals surface area contributed by atoms with E-state index in [1.165, 1.54) is 4.31 Å². The van der Waals surface area contributed by atoms with Crippen molar-refractivity contribution in [3.05, 3.63) is 77.9 Å². The number of benzene rings is 3. The van der Waals surface area contributed by atoms with E-state index in [2.05, 4.69) is 31.0 Å². The van der Waals surface area contributed by atoms with Gasteiger partial charge in [0, 0.05) is 24.5 Å². The molecular formula is C30H35N3O5S. The van der Waals surface area contributed by atoms with Gasteiger partial charge in [0.25, 0.3) is 15.9 Å². The van der Waals surface area contributed by atoms with Gasteiger partial charge in [-0.1, -0.05) is 44.5 Å². The zero-order valence-corrected chi connectivity index (χ0v) is 23.6. The molecule has 1 fully saturated rings. The first kappa shape index (κ1) is 27.0. The van der Waals surface area contributed by atoms with E-state index in [1.54, 1.807) is 30.3 Å². The summed E-state index contributed by atoms with van der Waals surface area (Å²) in [5.41, 5.74) is 3.84. The Morgan fingerprint density at radius 1 is 0.949 bits per heavy atom. The first-order chi connectivity index (χ1) is 18.5. The van der Waals surface area contributed by atoms with E-state index in [4.69, 9.17) is 9.47 Å². The lowest BCUT2D eigenvalue weighted by Crippen LogP contribution is -2.49. The van der Waals surface area contributed by atoms with Crippen molar-refractivity contribution in [3.63, 3.8) is 0 Å². The van der Waals surface area contributed by atoms with Gasteiger partial charge in [0.2, 0.25) is 0 Å². The third-order valence-corrected chi connectivity index (χ3v) is 8.90. The molecule has 206 valence electrons. The minimum Gasteiger partial charge on any atom is -0.476 e. The quantitative estimate of drug-likeness (QED) is 0.495. The summed E-state index contributed by atoms with van der Waals surface area (Å²) in [5, 5.41) is 2.90. The number of hydrogen-bond donors (Lipinski definition) is 1. The lowest BCUT2D eigenvalue weighted by molar-refractivity contribution is -0.122. The second-order valence-corrected chi connectivity index (χ2v) is 12.9. The number of carbonyl (C=O) groups is 1. The number of amides is 1. The normalized spacial score (nSPS) is 17.8. The maximum atomic E-state index is 13.9. The molecule has 9 heteroatoms. The van der Waals surface area contributed by atoms with E-state index >= 15 is 0 Å². The van der Waals surface area contributed by atoms with Crippen LogP contribution in [-0.2, 0) is 25.0 Å². The zero-order valence-electron chi connectivity index (χ0n) is 22.8. The molecule has 0 radical (unpaired) electrons. The number of rotatable bonds is 5. The third-order valence-electron chi connectivity index (χ3n) is 7.11. The third kappa shape index (κ3) is 5.74. The highest BCUT2D eigenvalue weighted by Gasteiger charge is 2.38. The highest BCUT2D eigenvalue weighted by atomic mass is 32.2. The molecule has 0 aromatic heterocycles. The molecule has 2 aliphatic heterocycles. The Kier molecular flexibility index (Phi) is 7.31. The van der Waals surface area contributed by atoms with E-state index < -0.39 is 22.0 Å². The van der Waals surface area contributed by atoms with Gasteiger partial charge in [-0.25, -0.2) is 8.42 Å². The van der Waals surface area contributed by atoms with Crippen molar-refractivity contribution in [1.29, 1.82) is 0 Å². The van der Waals surface area contributed by atoms with Crippen LogP contribution in [0.3, 0.4) is 0 Å². The van der Waals surface area contributed by atoms with Crippen molar-refractivity contribution >= 4 is 33.0 Å². The lowest BCUT2D eigenvalue weighted by Gasteiger charge is -2.36. The number of fused-ring (bicyclic) bond motifs is 1. The average molecular weight is 550 g/mol. The maximum absolute atomic E-state index is 13.9. The molecule has 1 atom stereocenters. The molecule has 39 heavy (non-hydrogen) atoms. The van der Waals surface area contributed by atoms with E-state index in [0.717, 1.165) is 29.9 Å². The Labute approximate surface area is 230 Å². The van der Waals surface area contributed by atoms with E-state index in [-0.39, 0.29) is 16.9 Å². The van der Waals surface area contributed by atoms with Gasteiger partial charge in [0.15, 0.2) is 6.10 Å². The van der Waals surface area contributed by atoms with Gasteiger partial charge in [-0.3, -0.25) is 9.10 Å². The summed E-state index contributed by atoms with van der Waals surface area (Å²) in [7, 11) is -3.95. The second kappa shape index (κ2) is 10.5. The number of morpholine rings is 1. The molecule has 0 unspecified atom stereocenters. The Bertz CT molecular complexity index is 1440. The molecule has 2 aliphatic rings. The van der Waals surface area contributed by atoms with Crippen molar-refractivity contribution < 1.29 is 22.7 Å². The fourth-order valence-corrected chi connectivity index (χ4v) is 6.19. The summed E-state index contributed by atoms with van der Waals surface area (Å²) in [6, 6.07) is 19.8. The van der Waals surface area contributed by atoms with Crippen LogP contribution in [0.15, 0.2) is 71.6 Å². The predicted molar refractivity (Wildman–Crippen MR) is 153 cm³/mol. The van der Waals surface area contributed by atoms with Gasteiger partial charge in [0.05, 0.1) is 30.3 Å². The second-order valence-electron chi connectivity index (χ2n) is 11.0. The number of carbonyl (C=O) groups excluding carboxylic acids is 1. The Morgan fingerprint density at radius 3 is 2.26 bits per heavy atom. The molecule has 1 saturated heterocycles. The largest absolute Gasteiger partial charge is 0.476 e. The number of aryl methyl sites for hydroxylation is 1. The molecule has 0 aliphatic carbocycles. The molecule has 3 aromatic rings. The molecule has 0 saturated carbocycles. The fraction of sp³-hybridized carbons (Fsp3) is 0.367. The van der Waals surface area contributed by atoms with Crippen LogP contribution >= 0.6 is 0 Å². The number of ether oxygens (including phenoxy) is 2. The molecular weight excluding hydrogens is 514 g/mol. The van der Waals surface area contributed by atoms with Crippen LogP contribution in [0.5, 0.6) is 5.75 Å². The highest BCUT2D eigenvalue weighted by Crippen LogP contribution is 2.40. The monoisotopic (exact) mass is 549 g/mol. The minimum absolute atomic E-state index is 0.144. The van der Waals surface area contributed by atoms with Gasteiger partial charge in [0.1, 0.15) is 5.75 Å². The van der Waals surface area contributed by atoms with Crippen LogP contribution < -0.4 is 19.3 Å². The average Bonchev–Trinajstić information content (AvgIpc) is 2.92. The van der Waals surface area contributed by atoms with Crippen LogP contribution in [-0.4, -0.2) is 53.3 Å². The maximum Gasteiger partial charge on any atom is 0.267 e. The van der Waals surface area contributed by atoms with Crippen LogP contribution in [0.25, 0.3) is 0 Å². The number of hydrogen-bond acceptors (Lipinski definition) is 6. The van der Waals surface area contributed by atoms with E-state index in [1.807, 2.05) is 43.3 Å². The first-order valence-electron chi connectivity index (χ1n) is 13.2. The minimum atomic E-state index is -3.95. The van der Waals surface area contributed by atoms with Crippen molar-refractivity contribution in [2.24, 2.45) is 0 Å². The molecule has 1 N–H and O–H groups in total. The Balaban J connectivity index is 1.42. The van der Waals surface area contributed by atoms with Crippen molar-refractivity contribution in [2.45, 2.75) is 44.1 Å². The molecule has 0 bridgehead atoms. The summed E-state index contributed by atoms with van der Waals surface area (Å²) < 4.78 is 40.5. The van der Waals surface area contributed by atoms with Crippen LogP contribution in [0, 0.1) is 6.92 Å². The summed E-state index contributed by atoms with van der Waals surface area (Å²) in [4.78, 5) is 15.8. The first-order valence-corrected chi connectivity index (χ1v) is 14.6. The number of nitrogens with one attached hydrogen (secondary N) is 1. The van der Waals surface area contributed by atoms with Crippen LogP contribution in [0.4, 0.5) is 17.1 Å². The standard InChI is InChI=1S/C30H35N3O5S/c1-21-5-12-25(13-6-21)39(35,36)33-20-28(38-27-14-7-22(19-26(27)33)30(2,3)4)29(34)31-23-8-10-24(11-9-23)32-15-17-37-18-16-32/h5-14,19,28H,15-18,20H2,1-4H3,(H,31,34)/t28-/m0/s1. The topological polar surface area (TPSA) is 88.2 Å². The van der Waals surface area contributed by atoms with Crippen molar-refractivity contribution in [2.75, 3.05) is 47.4 Å². The Morgan fingerprint density at radius 2 is 1.62 bits per heavy atom. The van der Waals surface area contributed by atoms with Gasteiger partial charge in [-0.2, -0.15) is 0 Å². The smallest absolute Gasteiger partial charge is 0.267 e. The zero-order chi connectivity index (χ0) is 27.8. The van der Waals surface area contributed by atoms with Crippen molar-refractivity contribution in [1.82, 2.24) is 0 Å². The molecule has 8 nitrogen and oxygen atoms in total. The summed E-state index contributed by atoms with van der Waals surface area (Å²) in [5.74, 6) is -0.0588. The molecule has 2 heterocycles. The van der Waals surface area contributed by atoms with Gasteiger partial charge in [-0.15, -0.1) is 0 Å². The number of nitrogens with zero attached hydrogens (tertiary/aromatic N) is 2. The fourth-order valence-electron chi connectivity index (χ4n) is 4.72. The molecule has 0 spiro atoms.